The molecule has 2 aromatic carbocycles. The third kappa shape index (κ3) is 4.37. The number of nitrogens with two attached hydrogens (primary N) is 1. The number of nitrogens with zero attached hydrogens (tertiary/aromatic N) is 1. The van der Waals surface area contributed by atoms with Gasteiger partial charge in [-0.05, 0) is 43.3 Å². The molecular formula is C21H21N3O5. The Bertz CT molecular complexity index is 1120. The Morgan fingerprint density at radius 1 is 1.10 bits per heavy atom. The van der Waals surface area contributed by atoms with Crippen LogP contribution in [0.4, 0.5) is 0 Å². The molecule has 0 bridgehead atoms. The summed E-state index contributed by atoms with van der Waals surface area (Å²) in [4.78, 5) is 23.6. The molecule has 0 spiro atoms. The Hall–Kier alpha value is -3.81. The minimum atomic E-state index is -1.24. The highest BCUT2D eigenvalue weighted by molar-refractivity contribution is 5.95. The third-order valence-electron chi connectivity index (χ3n) is 4.41. The van der Waals surface area contributed by atoms with Crippen LogP contribution in [-0.2, 0) is 6.54 Å². The predicted molar refractivity (Wildman–Crippen MR) is 109 cm³/mol. The van der Waals surface area contributed by atoms with Crippen LogP contribution in [0.15, 0.2) is 53.5 Å². The van der Waals surface area contributed by atoms with Gasteiger partial charge >= 0.3 is 5.97 Å². The molecule has 4 N–H and O–H groups in total. The first kappa shape index (κ1) is 19.9. The minimum absolute atomic E-state index is 0.00258. The van der Waals surface area contributed by atoms with Crippen molar-refractivity contribution in [1.29, 1.82) is 5.41 Å². The fourth-order valence-electron chi connectivity index (χ4n) is 2.92. The number of benzene rings is 2. The lowest BCUT2D eigenvalue weighted by atomic mass is 10.1. The van der Waals surface area contributed by atoms with E-state index in [1.165, 1.54) is 6.20 Å². The zero-order chi connectivity index (χ0) is 21.0. The molecule has 0 saturated heterocycles. The second-order valence-electron chi connectivity index (χ2n) is 6.28. The normalized spacial score (nSPS) is 10.7. The monoisotopic (exact) mass is 395 g/mol. The first-order valence-electron chi connectivity index (χ1n) is 9.01. The fourth-order valence-corrected chi connectivity index (χ4v) is 2.92. The molecule has 150 valence electrons. The summed E-state index contributed by atoms with van der Waals surface area (Å²) < 4.78 is 13.0. The molecule has 0 unspecified atom stereocenters. The summed E-state index contributed by atoms with van der Waals surface area (Å²) >= 11 is 0. The van der Waals surface area contributed by atoms with Gasteiger partial charge < -0.3 is 24.9 Å². The van der Waals surface area contributed by atoms with Gasteiger partial charge in [-0.15, -0.1) is 0 Å². The number of nitrogen functional groups attached to an aromatic ring is 1. The fraction of sp³-hybridized carbons (Fsp3) is 0.190. The smallest absolute Gasteiger partial charge is 0.341 e. The lowest BCUT2D eigenvalue weighted by Gasteiger charge is -2.13. The van der Waals surface area contributed by atoms with Crippen molar-refractivity contribution in [1.82, 2.24) is 4.57 Å². The maximum Gasteiger partial charge on any atom is 0.341 e. The molecule has 0 fully saturated rings. The highest BCUT2D eigenvalue weighted by atomic mass is 16.5. The summed E-state index contributed by atoms with van der Waals surface area (Å²) in [6, 6.07) is 11.8. The van der Waals surface area contributed by atoms with Crippen LogP contribution in [0, 0.1) is 5.41 Å². The Balaban J connectivity index is 1.69. The second-order valence-corrected chi connectivity index (χ2v) is 6.28. The second kappa shape index (κ2) is 8.47. The molecule has 0 atom stereocenters. The quantitative estimate of drug-likeness (QED) is 0.305. The van der Waals surface area contributed by atoms with Crippen LogP contribution >= 0.6 is 0 Å². The van der Waals surface area contributed by atoms with Crippen molar-refractivity contribution in [3.63, 3.8) is 0 Å². The van der Waals surface area contributed by atoms with Gasteiger partial charge in [-0.25, -0.2) is 4.79 Å². The molecule has 8 nitrogen and oxygen atoms in total. The topological polar surface area (TPSA) is 128 Å². The molecule has 3 aromatic rings. The van der Waals surface area contributed by atoms with Gasteiger partial charge in [0, 0.05) is 29.8 Å². The van der Waals surface area contributed by atoms with E-state index < -0.39 is 11.4 Å². The first-order valence-corrected chi connectivity index (χ1v) is 9.01. The van der Waals surface area contributed by atoms with Crippen molar-refractivity contribution in [3.8, 4) is 11.5 Å². The van der Waals surface area contributed by atoms with Crippen molar-refractivity contribution >= 4 is 22.7 Å². The van der Waals surface area contributed by atoms with E-state index in [9.17, 15) is 14.7 Å². The van der Waals surface area contributed by atoms with E-state index in [1.54, 1.807) is 47.0 Å². The molecule has 0 aliphatic heterocycles. The maximum absolute atomic E-state index is 12.4. The van der Waals surface area contributed by atoms with E-state index in [0.29, 0.717) is 41.1 Å². The van der Waals surface area contributed by atoms with Crippen molar-refractivity contribution in [2.24, 2.45) is 5.73 Å². The number of ether oxygens (including phenoxy) is 2. The molecule has 0 amide bonds. The number of hydrogen-bond acceptors (Lipinski definition) is 5. The summed E-state index contributed by atoms with van der Waals surface area (Å²) in [7, 11) is 0. The summed E-state index contributed by atoms with van der Waals surface area (Å²) in [5.74, 6) is -0.0547. The Labute approximate surface area is 166 Å². The molecule has 0 aliphatic carbocycles. The van der Waals surface area contributed by atoms with Crippen molar-refractivity contribution in [2.45, 2.75) is 13.5 Å². The Kier molecular flexibility index (Phi) is 5.82. The largest absolute Gasteiger partial charge is 0.490 e. The van der Waals surface area contributed by atoms with Gasteiger partial charge in [0.25, 0.3) is 0 Å². The average Bonchev–Trinajstić information content (AvgIpc) is 2.71. The van der Waals surface area contributed by atoms with Crippen LogP contribution < -0.4 is 20.6 Å². The van der Waals surface area contributed by atoms with E-state index in [1.807, 2.05) is 6.92 Å². The molecule has 8 heteroatoms. The predicted octanol–water partition coefficient (Wildman–Crippen LogP) is 2.46. The molecule has 29 heavy (non-hydrogen) atoms. The van der Waals surface area contributed by atoms with E-state index in [-0.39, 0.29) is 18.0 Å². The number of amidine groups is 1. The standard InChI is InChI=1S/C21H21N3O5/c1-2-24-12-17(21(26)27)19(25)16-8-7-15(11-18(16)24)29-10-9-28-14-5-3-13(4-6-14)20(22)23/h3-8,11-12H,2,9-10H2,1H3,(H3,22,23)(H,26,27). The number of nitrogens with one attached hydrogen (secondary N) is 1. The van der Waals surface area contributed by atoms with Gasteiger partial charge in [0.15, 0.2) is 0 Å². The molecule has 0 saturated carbocycles. The van der Waals surface area contributed by atoms with E-state index in [2.05, 4.69) is 0 Å². The number of aryl methyl sites for hydroxylation is 1. The van der Waals surface area contributed by atoms with Crippen LogP contribution in [0.25, 0.3) is 10.9 Å². The zero-order valence-electron chi connectivity index (χ0n) is 15.8. The van der Waals surface area contributed by atoms with Gasteiger partial charge in [-0.1, -0.05) is 0 Å². The lowest BCUT2D eigenvalue weighted by molar-refractivity contribution is 0.0695. The minimum Gasteiger partial charge on any atom is -0.490 e. The number of hydrogen-bond donors (Lipinski definition) is 3. The molecule has 1 aromatic heterocycles. The number of carbonyl (C=O) groups is 1. The first-order chi connectivity index (χ1) is 13.9. The average molecular weight is 395 g/mol. The van der Waals surface area contributed by atoms with Gasteiger partial charge in [0.1, 0.15) is 36.1 Å². The Morgan fingerprint density at radius 3 is 2.31 bits per heavy atom. The zero-order valence-corrected chi connectivity index (χ0v) is 15.8. The lowest BCUT2D eigenvalue weighted by Crippen LogP contribution is -2.18. The van der Waals surface area contributed by atoms with Crippen LogP contribution in [0.2, 0.25) is 0 Å². The van der Waals surface area contributed by atoms with E-state index in [4.69, 9.17) is 20.6 Å². The number of aromatic carboxylic acids is 1. The summed E-state index contributed by atoms with van der Waals surface area (Å²) in [5, 5.41) is 16.9. The van der Waals surface area contributed by atoms with E-state index in [0.717, 1.165) is 0 Å². The van der Waals surface area contributed by atoms with Crippen LogP contribution in [0.3, 0.4) is 0 Å². The molecule has 3 rings (SSSR count). The number of pyridine rings is 1. The SMILES string of the molecule is CCn1cc(C(=O)O)c(=O)c2ccc(OCCOc3ccc(C(=N)N)cc3)cc21. The van der Waals surface area contributed by atoms with Gasteiger partial charge in [-0.3, -0.25) is 10.2 Å². The summed E-state index contributed by atoms with van der Waals surface area (Å²) in [6.07, 6.45) is 1.35. The van der Waals surface area contributed by atoms with Crippen molar-refractivity contribution < 1.29 is 19.4 Å². The van der Waals surface area contributed by atoms with Crippen molar-refractivity contribution in [3.05, 3.63) is 70.0 Å². The van der Waals surface area contributed by atoms with Crippen LogP contribution in [-0.4, -0.2) is 34.7 Å². The number of carboxylic acids is 1. The van der Waals surface area contributed by atoms with Gasteiger partial charge in [0.2, 0.25) is 5.43 Å². The van der Waals surface area contributed by atoms with Gasteiger partial charge in [-0.2, -0.15) is 0 Å². The number of rotatable bonds is 8. The molecule has 1 heterocycles. The molecular weight excluding hydrogens is 374 g/mol. The van der Waals surface area contributed by atoms with Crippen LogP contribution in [0.5, 0.6) is 11.5 Å². The maximum atomic E-state index is 12.4. The Morgan fingerprint density at radius 2 is 1.72 bits per heavy atom. The van der Waals surface area contributed by atoms with E-state index >= 15 is 0 Å². The summed E-state index contributed by atoms with van der Waals surface area (Å²) in [5.41, 5.74) is 5.88. The number of carboxylic acid groups (broad SMARTS) is 1. The highest BCUT2D eigenvalue weighted by Crippen LogP contribution is 2.20. The number of fused-ring (bicyclic) bond motifs is 1. The molecule has 0 aliphatic rings. The number of aromatic nitrogens is 1. The molecule has 0 radical (unpaired) electrons. The van der Waals surface area contributed by atoms with Crippen molar-refractivity contribution in [2.75, 3.05) is 13.2 Å². The third-order valence-corrected chi connectivity index (χ3v) is 4.41. The highest BCUT2D eigenvalue weighted by Gasteiger charge is 2.14. The summed E-state index contributed by atoms with van der Waals surface area (Å²) in [6.45, 7) is 2.97. The van der Waals surface area contributed by atoms with Gasteiger partial charge in [0.05, 0.1) is 5.52 Å². The van der Waals surface area contributed by atoms with Crippen LogP contribution in [0.1, 0.15) is 22.8 Å².